The summed E-state index contributed by atoms with van der Waals surface area (Å²) in [6.07, 6.45) is 3.19. The highest BCUT2D eigenvalue weighted by atomic mass is 32.2. The second-order valence-electron chi connectivity index (χ2n) is 6.93. The minimum absolute atomic E-state index is 0.177. The van der Waals surface area contributed by atoms with Crippen molar-refractivity contribution < 1.29 is 9.47 Å². The third kappa shape index (κ3) is 4.33. The Morgan fingerprint density at radius 3 is 2.64 bits per heavy atom. The summed E-state index contributed by atoms with van der Waals surface area (Å²) in [4.78, 5) is 9.74. The molecule has 25 heavy (non-hydrogen) atoms. The molecule has 134 valence electrons. The molecule has 0 saturated carbocycles. The van der Waals surface area contributed by atoms with E-state index in [-0.39, 0.29) is 5.60 Å². The number of hydrogen-bond acceptors (Lipinski definition) is 5. The Kier molecular flexibility index (Phi) is 5.64. The minimum Gasteiger partial charge on any atom is -0.497 e. The fraction of sp³-hybridized carbons (Fsp3) is 0.500. The molecule has 0 spiro atoms. The van der Waals surface area contributed by atoms with Gasteiger partial charge in [0.15, 0.2) is 5.82 Å². The van der Waals surface area contributed by atoms with Gasteiger partial charge in [-0.2, -0.15) is 0 Å². The van der Waals surface area contributed by atoms with Crippen LogP contribution in [0.4, 0.5) is 0 Å². The first-order chi connectivity index (χ1) is 12.0. The summed E-state index contributed by atoms with van der Waals surface area (Å²) in [6, 6.07) is 7.95. The maximum absolute atomic E-state index is 6.00. The first-order valence-electron chi connectivity index (χ1n) is 8.83. The van der Waals surface area contributed by atoms with Gasteiger partial charge in [-0.1, -0.05) is 13.3 Å². The number of unbranched alkanes of at least 4 members (excludes halogenated alkanes) is 1. The molecule has 3 rings (SSSR count). The predicted molar refractivity (Wildman–Crippen MR) is 102 cm³/mol. The fourth-order valence-electron chi connectivity index (χ4n) is 2.82. The number of fused-ring (bicyclic) bond motifs is 1. The fourth-order valence-corrected chi connectivity index (χ4v) is 3.95. The molecule has 0 radical (unpaired) electrons. The lowest BCUT2D eigenvalue weighted by molar-refractivity contribution is -0.0428. The lowest BCUT2D eigenvalue weighted by Gasteiger charge is -2.32. The number of hydrogen-bond donors (Lipinski definition) is 0. The number of benzene rings is 1. The van der Waals surface area contributed by atoms with E-state index < -0.39 is 0 Å². The van der Waals surface area contributed by atoms with Gasteiger partial charge < -0.3 is 9.47 Å². The zero-order valence-corrected chi connectivity index (χ0v) is 16.3. The molecule has 4 nitrogen and oxygen atoms in total. The molecule has 1 aromatic heterocycles. The molecule has 0 unspecified atom stereocenters. The molecule has 2 heterocycles. The maximum atomic E-state index is 6.00. The van der Waals surface area contributed by atoms with Crippen LogP contribution in [-0.2, 0) is 17.8 Å². The standard InChI is InChI=1S/C20H26N2O2S/c1-5-6-11-25-19-16-13-24-20(2,3)12-17(16)21-18(22-19)14-7-9-15(23-4)10-8-14/h7-10H,5-6,11-13H2,1-4H3. The molecule has 2 aromatic rings. The van der Waals surface area contributed by atoms with Crippen LogP contribution in [0.15, 0.2) is 29.3 Å². The average molecular weight is 359 g/mol. The Bertz CT molecular complexity index is 729. The second kappa shape index (κ2) is 7.75. The first-order valence-corrected chi connectivity index (χ1v) is 9.82. The molecule has 1 aromatic carbocycles. The van der Waals surface area contributed by atoms with E-state index in [0.29, 0.717) is 6.61 Å². The molecule has 0 bridgehead atoms. The van der Waals surface area contributed by atoms with Crippen LogP contribution in [-0.4, -0.2) is 28.4 Å². The largest absolute Gasteiger partial charge is 0.497 e. The highest BCUT2D eigenvalue weighted by Gasteiger charge is 2.30. The van der Waals surface area contributed by atoms with E-state index in [1.54, 1.807) is 7.11 Å². The van der Waals surface area contributed by atoms with Crippen LogP contribution in [0.5, 0.6) is 5.75 Å². The number of nitrogens with zero attached hydrogens (tertiary/aromatic N) is 2. The van der Waals surface area contributed by atoms with E-state index in [1.807, 2.05) is 36.0 Å². The van der Waals surface area contributed by atoms with Gasteiger partial charge in [-0.15, -0.1) is 11.8 Å². The van der Waals surface area contributed by atoms with Crippen molar-refractivity contribution in [1.82, 2.24) is 9.97 Å². The SMILES string of the molecule is CCCCSc1nc(-c2ccc(OC)cc2)nc2c1COC(C)(C)C2. The zero-order valence-electron chi connectivity index (χ0n) is 15.5. The van der Waals surface area contributed by atoms with Gasteiger partial charge in [0.2, 0.25) is 0 Å². The van der Waals surface area contributed by atoms with Gasteiger partial charge in [0.05, 0.1) is 25.0 Å². The van der Waals surface area contributed by atoms with E-state index in [9.17, 15) is 0 Å². The van der Waals surface area contributed by atoms with E-state index in [4.69, 9.17) is 19.4 Å². The topological polar surface area (TPSA) is 44.2 Å². The first kappa shape index (κ1) is 18.2. The highest BCUT2D eigenvalue weighted by Crippen LogP contribution is 2.34. The Morgan fingerprint density at radius 2 is 1.96 bits per heavy atom. The van der Waals surface area contributed by atoms with Crippen LogP contribution in [0, 0.1) is 0 Å². The lowest BCUT2D eigenvalue weighted by atomic mass is 9.96. The van der Waals surface area contributed by atoms with Crippen LogP contribution in [0.25, 0.3) is 11.4 Å². The summed E-state index contributed by atoms with van der Waals surface area (Å²) in [6.45, 7) is 7.05. The van der Waals surface area contributed by atoms with Crippen LogP contribution in [0.3, 0.4) is 0 Å². The molecular formula is C20H26N2O2S. The van der Waals surface area contributed by atoms with Crippen molar-refractivity contribution in [3.05, 3.63) is 35.5 Å². The molecule has 0 amide bonds. The van der Waals surface area contributed by atoms with Crippen molar-refractivity contribution in [2.45, 2.75) is 57.3 Å². The summed E-state index contributed by atoms with van der Waals surface area (Å²) in [5.74, 6) is 2.71. The predicted octanol–water partition coefficient (Wildman–Crippen LogP) is 4.90. The second-order valence-corrected chi connectivity index (χ2v) is 8.02. The van der Waals surface area contributed by atoms with Gasteiger partial charge in [-0.3, -0.25) is 0 Å². The molecule has 0 aliphatic carbocycles. The minimum atomic E-state index is -0.177. The van der Waals surface area contributed by atoms with Gasteiger partial charge in [-0.25, -0.2) is 9.97 Å². The lowest BCUT2D eigenvalue weighted by Crippen LogP contribution is -2.33. The van der Waals surface area contributed by atoms with Crippen LogP contribution >= 0.6 is 11.8 Å². The number of aromatic nitrogens is 2. The van der Waals surface area contributed by atoms with Crippen molar-refractivity contribution in [3.63, 3.8) is 0 Å². The van der Waals surface area contributed by atoms with E-state index in [1.165, 1.54) is 12.8 Å². The maximum Gasteiger partial charge on any atom is 0.160 e. The smallest absolute Gasteiger partial charge is 0.160 e. The summed E-state index contributed by atoms with van der Waals surface area (Å²) >= 11 is 1.82. The molecule has 1 aliphatic heterocycles. The molecule has 1 aliphatic rings. The van der Waals surface area contributed by atoms with Crippen molar-refractivity contribution in [1.29, 1.82) is 0 Å². The summed E-state index contributed by atoms with van der Waals surface area (Å²) in [5.41, 5.74) is 3.13. The molecule has 0 fully saturated rings. The Balaban J connectivity index is 1.98. The van der Waals surface area contributed by atoms with Crippen LogP contribution < -0.4 is 4.74 Å². The Morgan fingerprint density at radius 1 is 1.20 bits per heavy atom. The highest BCUT2D eigenvalue weighted by molar-refractivity contribution is 7.99. The van der Waals surface area contributed by atoms with Gasteiger partial charge in [0, 0.05) is 17.5 Å². The van der Waals surface area contributed by atoms with E-state index >= 15 is 0 Å². The van der Waals surface area contributed by atoms with Crippen molar-refractivity contribution in [3.8, 4) is 17.1 Å². The number of methoxy groups -OCH3 is 1. The zero-order chi connectivity index (χ0) is 17.9. The molecular weight excluding hydrogens is 332 g/mol. The van der Waals surface area contributed by atoms with Gasteiger partial charge in [-0.05, 0) is 50.3 Å². The Labute approximate surface area is 154 Å². The van der Waals surface area contributed by atoms with Crippen molar-refractivity contribution in [2.75, 3.05) is 12.9 Å². The van der Waals surface area contributed by atoms with Crippen molar-refractivity contribution in [2.24, 2.45) is 0 Å². The van der Waals surface area contributed by atoms with Gasteiger partial charge in [0.25, 0.3) is 0 Å². The van der Waals surface area contributed by atoms with Crippen LogP contribution in [0.2, 0.25) is 0 Å². The summed E-state index contributed by atoms with van der Waals surface area (Å²) < 4.78 is 11.3. The van der Waals surface area contributed by atoms with Gasteiger partial charge >= 0.3 is 0 Å². The average Bonchev–Trinajstić information content (AvgIpc) is 2.60. The van der Waals surface area contributed by atoms with E-state index in [2.05, 4.69) is 20.8 Å². The third-order valence-electron chi connectivity index (χ3n) is 4.34. The van der Waals surface area contributed by atoms with Crippen LogP contribution in [0.1, 0.15) is 44.9 Å². The molecule has 0 N–H and O–H groups in total. The monoisotopic (exact) mass is 358 g/mol. The summed E-state index contributed by atoms with van der Waals surface area (Å²) in [7, 11) is 1.68. The molecule has 0 atom stereocenters. The third-order valence-corrected chi connectivity index (χ3v) is 5.44. The quantitative estimate of drug-likeness (QED) is 0.418. The number of thioether (sulfide) groups is 1. The normalized spacial score (nSPS) is 15.7. The van der Waals surface area contributed by atoms with Gasteiger partial charge in [0.1, 0.15) is 10.8 Å². The number of rotatable bonds is 6. The van der Waals surface area contributed by atoms with Crippen molar-refractivity contribution >= 4 is 11.8 Å². The Hall–Kier alpha value is -1.59. The van der Waals surface area contributed by atoms with E-state index in [0.717, 1.165) is 45.6 Å². The molecule has 5 heteroatoms. The number of ether oxygens (including phenoxy) is 2. The molecule has 0 saturated heterocycles. The summed E-state index contributed by atoms with van der Waals surface area (Å²) in [5, 5.41) is 1.07.